The molecule has 0 aliphatic carbocycles. The zero-order chi connectivity index (χ0) is 14.0. The number of nitrogens with one attached hydrogen (secondary N) is 1. The van der Waals surface area contributed by atoms with Gasteiger partial charge in [0, 0.05) is 13.0 Å². The Hall–Kier alpha value is -1.56. The zero-order valence-corrected chi connectivity index (χ0v) is 10.9. The van der Waals surface area contributed by atoms with Gasteiger partial charge in [0.2, 0.25) is 0 Å². The van der Waals surface area contributed by atoms with Crippen LogP contribution < -0.4 is 5.32 Å². The molecule has 0 unspecified atom stereocenters. The Morgan fingerprint density at radius 2 is 2.11 bits per heavy atom. The molecule has 104 valence electrons. The highest BCUT2D eigenvalue weighted by Crippen LogP contribution is 2.04. The van der Waals surface area contributed by atoms with E-state index in [0.29, 0.717) is 13.0 Å². The van der Waals surface area contributed by atoms with Crippen molar-refractivity contribution in [3.63, 3.8) is 0 Å². The minimum Gasteiger partial charge on any atom is -0.481 e. The van der Waals surface area contributed by atoms with Crippen LogP contribution in [0.25, 0.3) is 0 Å². The SMILES string of the molecule is C=CCOC(=O)NC(C)(C)COCCCC(=O)O. The van der Waals surface area contributed by atoms with Crippen molar-refractivity contribution in [2.24, 2.45) is 0 Å². The lowest BCUT2D eigenvalue weighted by Gasteiger charge is -2.25. The third kappa shape index (κ3) is 9.65. The van der Waals surface area contributed by atoms with Crippen LogP contribution in [0.1, 0.15) is 26.7 Å². The summed E-state index contributed by atoms with van der Waals surface area (Å²) in [5, 5.41) is 11.1. The normalized spacial score (nSPS) is 10.8. The van der Waals surface area contributed by atoms with Gasteiger partial charge in [0.05, 0.1) is 12.1 Å². The Balaban J connectivity index is 3.75. The van der Waals surface area contributed by atoms with Crippen molar-refractivity contribution in [3.8, 4) is 0 Å². The van der Waals surface area contributed by atoms with Gasteiger partial charge in [0.1, 0.15) is 6.61 Å². The van der Waals surface area contributed by atoms with Gasteiger partial charge in [-0.25, -0.2) is 4.79 Å². The van der Waals surface area contributed by atoms with Crippen molar-refractivity contribution in [1.29, 1.82) is 0 Å². The van der Waals surface area contributed by atoms with E-state index < -0.39 is 17.6 Å². The summed E-state index contributed by atoms with van der Waals surface area (Å²) in [6, 6.07) is 0. The van der Waals surface area contributed by atoms with Gasteiger partial charge in [0.25, 0.3) is 0 Å². The topological polar surface area (TPSA) is 84.9 Å². The van der Waals surface area contributed by atoms with Crippen molar-refractivity contribution in [2.45, 2.75) is 32.2 Å². The van der Waals surface area contributed by atoms with Gasteiger partial charge in [-0.3, -0.25) is 4.79 Å². The van der Waals surface area contributed by atoms with E-state index in [4.69, 9.17) is 14.6 Å². The third-order valence-electron chi connectivity index (χ3n) is 1.91. The summed E-state index contributed by atoms with van der Waals surface area (Å²) < 4.78 is 10.1. The molecular formula is C12H21NO5. The summed E-state index contributed by atoms with van der Waals surface area (Å²) in [5.41, 5.74) is -0.568. The van der Waals surface area contributed by atoms with Crippen molar-refractivity contribution < 1.29 is 24.2 Å². The third-order valence-corrected chi connectivity index (χ3v) is 1.91. The Bertz CT molecular complexity index is 288. The van der Waals surface area contributed by atoms with Crippen LogP contribution in [0.4, 0.5) is 4.79 Å². The smallest absolute Gasteiger partial charge is 0.407 e. The van der Waals surface area contributed by atoms with Crippen LogP contribution in [-0.4, -0.2) is 42.5 Å². The number of rotatable bonds is 9. The predicted octanol–water partition coefficient (Wildman–Crippen LogP) is 1.56. The molecule has 0 bridgehead atoms. The molecular weight excluding hydrogens is 238 g/mol. The summed E-state index contributed by atoms with van der Waals surface area (Å²) >= 11 is 0. The fourth-order valence-corrected chi connectivity index (χ4v) is 1.14. The second-order valence-electron chi connectivity index (χ2n) is 4.45. The second-order valence-corrected chi connectivity index (χ2v) is 4.45. The van der Waals surface area contributed by atoms with E-state index >= 15 is 0 Å². The lowest BCUT2D eigenvalue weighted by molar-refractivity contribution is -0.137. The summed E-state index contributed by atoms with van der Waals surface area (Å²) in [6.07, 6.45) is 1.48. The zero-order valence-electron chi connectivity index (χ0n) is 10.9. The van der Waals surface area contributed by atoms with Crippen molar-refractivity contribution in [3.05, 3.63) is 12.7 Å². The molecule has 0 spiro atoms. The fourth-order valence-electron chi connectivity index (χ4n) is 1.14. The molecule has 0 saturated carbocycles. The number of amides is 1. The highest BCUT2D eigenvalue weighted by Gasteiger charge is 2.21. The highest BCUT2D eigenvalue weighted by molar-refractivity contribution is 5.68. The maximum Gasteiger partial charge on any atom is 0.407 e. The number of carboxylic acids is 1. The Kier molecular flexibility index (Phi) is 7.78. The number of aliphatic carboxylic acids is 1. The quantitative estimate of drug-likeness (QED) is 0.485. The number of hydrogen-bond donors (Lipinski definition) is 2. The van der Waals surface area contributed by atoms with Crippen LogP contribution in [0, 0.1) is 0 Å². The van der Waals surface area contributed by atoms with E-state index in [1.165, 1.54) is 6.08 Å². The van der Waals surface area contributed by atoms with Crippen LogP contribution in [0.3, 0.4) is 0 Å². The molecule has 0 aromatic heterocycles. The predicted molar refractivity (Wildman–Crippen MR) is 66.4 cm³/mol. The number of hydrogen-bond acceptors (Lipinski definition) is 4. The van der Waals surface area contributed by atoms with Crippen LogP contribution in [0.5, 0.6) is 0 Å². The summed E-state index contributed by atoms with van der Waals surface area (Å²) in [6.45, 7) is 7.81. The van der Waals surface area contributed by atoms with E-state index in [0.717, 1.165) is 0 Å². The Morgan fingerprint density at radius 1 is 1.44 bits per heavy atom. The molecule has 0 aromatic carbocycles. The van der Waals surface area contributed by atoms with E-state index in [-0.39, 0.29) is 19.6 Å². The van der Waals surface area contributed by atoms with Crippen LogP contribution in [0.15, 0.2) is 12.7 Å². The fraction of sp³-hybridized carbons (Fsp3) is 0.667. The average molecular weight is 259 g/mol. The first-order valence-corrected chi connectivity index (χ1v) is 5.73. The Morgan fingerprint density at radius 3 is 2.67 bits per heavy atom. The van der Waals surface area contributed by atoms with E-state index in [1.54, 1.807) is 13.8 Å². The molecule has 0 fully saturated rings. The molecule has 0 aliphatic rings. The summed E-state index contributed by atoms with van der Waals surface area (Å²) in [5.74, 6) is -0.844. The van der Waals surface area contributed by atoms with Crippen LogP contribution in [-0.2, 0) is 14.3 Å². The largest absolute Gasteiger partial charge is 0.481 e. The van der Waals surface area contributed by atoms with Crippen LogP contribution in [0.2, 0.25) is 0 Å². The molecule has 0 heterocycles. The van der Waals surface area contributed by atoms with Crippen molar-refractivity contribution in [1.82, 2.24) is 5.32 Å². The van der Waals surface area contributed by atoms with Crippen molar-refractivity contribution >= 4 is 12.1 Å². The molecule has 0 rings (SSSR count). The van der Waals surface area contributed by atoms with E-state index in [9.17, 15) is 9.59 Å². The lowest BCUT2D eigenvalue weighted by atomic mass is 10.1. The summed E-state index contributed by atoms with van der Waals surface area (Å²) in [7, 11) is 0. The highest BCUT2D eigenvalue weighted by atomic mass is 16.5. The van der Waals surface area contributed by atoms with Gasteiger partial charge < -0.3 is 19.9 Å². The number of carbonyl (C=O) groups is 2. The molecule has 1 amide bonds. The molecule has 0 atom stereocenters. The van der Waals surface area contributed by atoms with E-state index in [2.05, 4.69) is 11.9 Å². The first-order valence-electron chi connectivity index (χ1n) is 5.73. The van der Waals surface area contributed by atoms with E-state index in [1.807, 2.05) is 0 Å². The minimum absolute atomic E-state index is 0.0786. The van der Waals surface area contributed by atoms with Gasteiger partial charge in [-0.2, -0.15) is 0 Å². The molecule has 6 heteroatoms. The molecule has 0 aromatic rings. The van der Waals surface area contributed by atoms with Gasteiger partial charge in [0.15, 0.2) is 0 Å². The molecule has 2 N–H and O–H groups in total. The monoisotopic (exact) mass is 259 g/mol. The molecule has 0 radical (unpaired) electrons. The lowest BCUT2D eigenvalue weighted by Crippen LogP contribution is -2.47. The van der Waals surface area contributed by atoms with Crippen molar-refractivity contribution in [2.75, 3.05) is 19.8 Å². The molecule has 0 aliphatic heterocycles. The molecule has 6 nitrogen and oxygen atoms in total. The van der Waals surface area contributed by atoms with Gasteiger partial charge >= 0.3 is 12.1 Å². The average Bonchev–Trinajstić information content (AvgIpc) is 2.24. The first-order chi connectivity index (χ1) is 8.37. The maximum absolute atomic E-state index is 11.3. The number of carbonyl (C=O) groups excluding carboxylic acids is 1. The standard InChI is InChI=1S/C12H21NO5/c1-4-7-18-11(16)13-12(2,3)9-17-8-5-6-10(14)15/h4H,1,5-9H2,2-3H3,(H,13,16)(H,14,15). The maximum atomic E-state index is 11.3. The second kappa shape index (κ2) is 8.52. The first kappa shape index (κ1) is 16.4. The van der Waals surface area contributed by atoms with Crippen LogP contribution >= 0.6 is 0 Å². The molecule has 0 saturated heterocycles. The number of carboxylic acid groups (broad SMARTS) is 1. The minimum atomic E-state index is -0.844. The molecule has 18 heavy (non-hydrogen) atoms. The van der Waals surface area contributed by atoms with Gasteiger partial charge in [-0.15, -0.1) is 0 Å². The van der Waals surface area contributed by atoms with Gasteiger partial charge in [-0.1, -0.05) is 12.7 Å². The van der Waals surface area contributed by atoms with Gasteiger partial charge in [-0.05, 0) is 20.3 Å². The Labute approximate surface area is 107 Å². The number of ether oxygens (including phenoxy) is 2. The number of alkyl carbamates (subject to hydrolysis) is 1. The summed E-state index contributed by atoms with van der Waals surface area (Å²) in [4.78, 5) is 21.5.